The van der Waals surface area contributed by atoms with Crippen molar-refractivity contribution in [2.75, 3.05) is 32.8 Å². The summed E-state index contributed by atoms with van der Waals surface area (Å²) >= 11 is 0. The van der Waals surface area contributed by atoms with E-state index in [1.54, 1.807) is 0 Å². The zero-order valence-corrected chi connectivity index (χ0v) is 9.99. The third kappa shape index (κ3) is 6.18. The van der Waals surface area contributed by atoms with E-state index < -0.39 is 24.4 Å². The van der Waals surface area contributed by atoms with E-state index in [0.717, 1.165) is 4.90 Å². The van der Waals surface area contributed by atoms with Gasteiger partial charge in [0.25, 0.3) is 0 Å². The molecule has 0 spiro atoms. The fraction of sp³-hybridized carbons (Fsp3) is 0.900. The van der Waals surface area contributed by atoms with Gasteiger partial charge in [0.05, 0.1) is 19.1 Å². The third-order valence-electron chi connectivity index (χ3n) is 2.49. The Morgan fingerprint density at radius 2 is 1.72 bits per heavy atom. The van der Waals surface area contributed by atoms with Crippen molar-refractivity contribution < 1.29 is 28.2 Å². The summed E-state index contributed by atoms with van der Waals surface area (Å²) in [5.74, 6) is -2.52. The van der Waals surface area contributed by atoms with E-state index in [2.05, 4.69) is 0 Å². The number of rotatable bonds is 8. The Hall–Kier alpha value is -0.860. The first kappa shape index (κ1) is 17.1. The highest BCUT2D eigenvalue weighted by Crippen LogP contribution is 2.31. The van der Waals surface area contributed by atoms with Crippen LogP contribution >= 0.6 is 0 Å². The third-order valence-corrected chi connectivity index (χ3v) is 2.49. The number of carbonyl (C=O) groups is 1. The number of halogens is 3. The number of hydrogen-bond donors (Lipinski definition) is 3. The fourth-order valence-corrected chi connectivity index (χ4v) is 1.53. The Kier molecular flexibility index (Phi) is 7.88. The Morgan fingerprint density at radius 1 is 1.22 bits per heavy atom. The molecule has 4 N–H and O–H groups in total. The van der Waals surface area contributed by atoms with E-state index in [1.807, 2.05) is 0 Å². The highest BCUT2D eigenvalue weighted by atomic mass is 19.4. The first-order chi connectivity index (χ1) is 8.36. The maximum absolute atomic E-state index is 12.6. The number of hydrogen-bond acceptors (Lipinski definition) is 4. The van der Waals surface area contributed by atoms with Crippen molar-refractivity contribution >= 4 is 5.91 Å². The number of nitrogens with zero attached hydrogens (tertiary/aromatic N) is 1. The Morgan fingerprint density at radius 3 is 2.06 bits per heavy atom. The molecule has 1 atom stereocenters. The van der Waals surface area contributed by atoms with Crippen molar-refractivity contribution in [3.63, 3.8) is 0 Å². The maximum Gasteiger partial charge on any atom is 0.392 e. The first-order valence-corrected chi connectivity index (χ1v) is 5.63. The van der Waals surface area contributed by atoms with Gasteiger partial charge in [-0.15, -0.1) is 0 Å². The highest BCUT2D eigenvalue weighted by molar-refractivity contribution is 5.76. The van der Waals surface area contributed by atoms with Gasteiger partial charge in [0.2, 0.25) is 5.91 Å². The molecule has 0 aliphatic rings. The minimum absolute atomic E-state index is 0.0907. The van der Waals surface area contributed by atoms with Crippen molar-refractivity contribution in [3.05, 3.63) is 0 Å². The SMILES string of the molecule is NCCC(CC(=O)N(CCO)CCO)C(F)(F)F. The topological polar surface area (TPSA) is 86.8 Å². The lowest BCUT2D eigenvalue weighted by molar-refractivity contribution is -0.182. The van der Waals surface area contributed by atoms with Gasteiger partial charge in [-0.2, -0.15) is 13.2 Å². The first-order valence-electron chi connectivity index (χ1n) is 5.63. The van der Waals surface area contributed by atoms with Gasteiger partial charge in [-0.1, -0.05) is 0 Å². The summed E-state index contributed by atoms with van der Waals surface area (Å²) in [6, 6.07) is 0. The van der Waals surface area contributed by atoms with Gasteiger partial charge in [0, 0.05) is 19.5 Å². The second kappa shape index (κ2) is 8.28. The van der Waals surface area contributed by atoms with Gasteiger partial charge in [0.1, 0.15) is 0 Å². The second-order valence-corrected chi connectivity index (χ2v) is 3.85. The van der Waals surface area contributed by atoms with Crippen LogP contribution in [0.25, 0.3) is 0 Å². The van der Waals surface area contributed by atoms with E-state index in [0.29, 0.717) is 0 Å². The van der Waals surface area contributed by atoms with Gasteiger partial charge in [-0.25, -0.2) is 0 Å². The molecule has 0 saturated carbocycles. The molecule has 1 unspecified atom stereocenters. The summed E-state index contributed by atoms with van der Waals surface area (Å²) in [4.78, 5) is 12.6. The smallest absolute Gasteiger partial charge is 0.392 e. The molecule has 0 aliphatic carbocycles. The number of alkyl halides is 3. The number of nitrogens with two attached hydrogens (primary N) is 1. The van der Waals surface area contributed by atoms with Crippen LogP contribution in [0.15, 0.2) is 0 Å². The number of carbonyl (C=O) groups excluding carboxylic acids is 1. The van der Waals surface area contributed by atoms with Gasteiger partial charge < -0.3 is 20.8 Å². The molecule has 5 nitrogen and oxygen atoms in total. The molecular formula is C10H19F3N2O3. The molecule has 0 bridgehead atoms. The maximum atomic E-state index is 12.6. The van der Waals surface area contributed by atoms with Crippen LogP contribution in [0.1, 0.15) is 12.8 Å². The normalized spacial score (nSPS) is 13.4. The Labute approximate surface area is 103 Å². The molecule has 18 heavy (non-hydrogen) atoms. The van der Waals surface area contributed by atoms with Crippen LogP contribution in [0.3, 0.4) is 0 Å². The van der Waals surface area contributed by atoms with E-state index in [9.17, 15) is 18.0 Å². The molecule has 8 heteroatoms. The Balaban J connectivity index is 4.54. The Bertz CT molecular complexity index is 243. The van der Waals surface area contributed by atoms with Crippen LogP contribution in [0, 0.1) is 5.92 Å². The van der Waals surface area contributed by atoms with Crippen molar-refractivity contribution in [1.82, 2.24) is 4.90 Å². The molecular weight excluding hydrogens is 253 g/mol. The lowest BCUT2D eigenvalue weighted by atomic mass is 10.00. The van der Waals surface area contributed by atoms with Gasteiger partial charge >= 0.3 is 6.18 Å². The molecule has 0 rings (SSSR count). The highest BCUT2D eigenvalue weighted by Gasteiger charge is 2.40. The molecule has 0 heterocycles. The predicted octanol–water partition coefficient (Wildman–Crippen LogP) is -0.283. The fourth-order valence-electron chi connectivity index (χ4n) is 1.53. The van der Waals surface area contributed by atoms with Crippen LogP contribution in [0.4, 0.5) is 13.2 Å². The van der Waals surface area contributed by atoms with Crippen LogP contribution in [0.5, 0.6) is 0 Å². The molecule has 0 saturated heterocycles. The monoisotopic (exact) mass is 272 g/mol. The summed E-state index contributed by atoms with van der Waals surface area (Å²) in [6.45, 7) is -1.06. The number of amides is 1. The van der Waals surface area contributed by atoms with Crippen molar-refractivity contribution in [2.45, 2.75) is 19.0 Å². The van der Waals surface area contributed by atoms with Crippen LogP contribution in [-0.2, 0) is 4.79 Å². The van der Waals surface area contributed by atoms with Gasteiger partial charge in [-0.3, -0.25) is 4.79 Å². The average molecular weight is 272 g/mol. The van der Waals surface area contributed by atoms with Crippen molar-refractivity contribution in [1.29, 1.82) is 0 Å². The van der Waals surface area contributed by atoms with Crippen LogP contribution in [-0.4, -0.2) is 60.0 Å². The second-order valence-electron chi connectivity index (χ2n) is 3.85. The summed E-state index contributed by atoms with van der Waals surface area (Å²) in [5, 5.41) is 17.4. The van der Waals surface area contributed by atoms with Crippen LogP contribution in [0.2, 0.25) is 0 Å². The standard InChI is InChI=1S/C10H19F3N2O3/c11-10(12,13)8(1-2-14)7-9(18)15(3-5-16)4-6-17/h8,16-17H,1-7,14H2. The average Bonchev–Trinajstić information content (AvgIpc) is 2.26. The van der Waals surface area contributed by atoms with E-state index in [4.69, 9.17) is 15.9 Å². The van der Waals surface area contributed by atoms with Crippen molar-refractivity contribution in [2.24, 2.45) is 11.7 Å². The molecule has 0 aromatic heterocycles. The van der Waals surface area contributed by atoms with E-state index in [1.165, 1.54) is 0 Å². The number of aliphatic hydroxyl groups excluding tert-OH is 2. The molecule has 108 valence electrons. The van der Waals surface area contributed by atoms with Gasteiger partial charge in [0.15, 0.2) is 0 Å². The minimum Gasteiger partial charge on any atom is -0.395 e. The zero-order chi connectivity index (χ0) is 14.2. The summed E-state index contributed by atoms with van der Waals surface area (Å²) in [6.07, 6.45) is -5.50. The number of aliphatic hydroxyl groups is 2. The predicted molar refractivity (Wildman–Crippen MR) is 58.6 cm³/mol. The quantitative estimate of drug-likeness (QED) is 0.567. The summed E-state index contributed by atoms with van der Waals surface area (Å²) < 4.78 is 37.7. The molecule has 0 aromatic rings. The van der Waals surface area contributed by atoms with E-state index >= 15 is 0 Å². The molecule has 0 aromatic carbocycles. The molecule has 0 aliphatic heterocycles. The molecule has 1 amide bonds. The van der Waals surface area contributed by atoms with E-state index in [-0.39, 0.29) is 39.3 Å². The summed E-state index contributed by atoms with van der Waals surface area (Å²) in [5.41, 5.74) is 5.09. The lowest BCUT2D eigenvalue weighted by Gasteiger charge is -2.25. The minimum atomic E-state index is -4.47. The van der Waals surface area contributed by atoms with Gasteiger partial charge in [-0.05, 0) is 13.0 Å². The van der Waals surface area contributed by atoms with Crippen LogP contribution < -0.4 is 5.73 Å². The largest absolute Gasteiger partial charge is 0.395 e. The molecule has 0 fully saturated rings. The molecule has 0 radical (unpaired) electrons. The van der Waals surface area contributed by atoms with Crippen molar-refractivity contribution in [3.8, 4) is 0 Å². The zero-order valence-electron chi connectivity index (χ0n) is 9.99. The summed E-state index contributed by atoms with van der Waals surface area (Å²) in [7, 11) is 0. The lowest BCUT2D eigenvalue weighted by Crippen LogP contribution is -2.39.